The van der Waals surface area contributed by atoms with E-state index in [1.54, 1.807) is 18.2 Å². The molecular formula is C23H27F4N3O5S. The molecule has 0 unspecified atom stereocenters. The largest absolute Gasteiger partial charge is 0.490 e. The Morgan fingerprint density at radius 2 is 1.72 bits per heavy atom. The van der Waals surface area contributed by atoms with E-state index in [9.17, 15) is 30.8 Å². The first kappa shape index (κ1) is 29.0. The Labute approximate surface area is 206 Å². The summed E-state index contributed by atoms with van der Waals surface area (Å²) < 4.78 is 70.4. The van der Waals surface area contributed by atoms with Crippen LogP contribution in [0.5, 0.6) is 0 Å². The van der Waals surface area contributed by atoms with Crippen LogP contribution >= 0.6 is 0 Å². The Morgan fingerprint density at radius 3 is 2.19 bits per heavy atom. The average molecular weight is 534 g/mol. The van der Waals surface area contributed by atoms with E-state index < -0.39 is 34.4 Å². The Morgan fingerprint density at radius 1 is 1.14 bits per heavy atom. The lowest BCUT2D eigenvalue weighted by Gasteiger charge is -2.25. The molecule has 3 rings (SSSR count). The molecule has 0 aromatic heterocycles. The number of carbonyl (C=O) groups is 2. The van der Waals surface area contributed by atoms with E-state index in [0.717, 1.165) is 22.9 Å². The van der Waals surface area contributed by atoms with E-state index in [-0.39, 0.29) is 18.4 Å². The molecule has 3 atom stereocenters. The SMILES string of the molecule is C[C@@H](c1ccc(-c2cccc(NS(C)(=O)=O)c2)cc1)[C@H](N)C(=O)N1CC[C@H](F)C1.O=C(O)C(F)(F)F. The van der Waals surface area contributed by atoms with Gasteiger partial charge in [0.1, 0.15) is 6.17 Å². The fourth-order valence-corrected chi connectivity index (χ4v) is 4.06. The highest BCUT2D eigenvalue weighted by atomic mass is 32.2. The zero-order valence-corrected chi connectivity index (χ0v) is 20.3. The van der Waals surface area contributed by atoms with Gasteiger partial charge in [0.25, 0.3) is 0 Å². The second-order valence-corrected chi connectivity index (χ2v) is 10.1. The lowest BCUT2D eigenvalue weighted by molar-refractivity contribution is -0.192. The third kappa shape index (κ3) is 8.48. The number of alkyl halides is 4. The monoisotopic (exact) mass is 533 g/mol. The van der Waals surface area contributed by atoms with Gasteiger partial charge in [0.2, 0.25) is 15.9 Å². The number of carboxylic acid groups (broad SMARTS) is 1. The highest BCUT2D eigenvalue weighted by molar-refractivity contribution is 7.92. The first-order valence-electron chi connectivity index (χ1n) is 10.7. The van der Waals surface area contributed by atoms with Crippen LogP contribution in [0.1, 0.15) is 24.8 Å². The molecule has 198 valence electrons. The Bertz CT molecular complexity index is 1170. The second-order valence-electron chi connectivity index (χ2n) is 8.36. The minimum absolute atomic E-state index is 0.121. The standard InChI is InChI=1S/C21H26FN3O3S.C2HF3O2/c1-14(20(23)21(26)25-11-10-18(22)13-25)15-6-8-16(9-7-15)17-4-3-5-19(12-17)24-29(2,27)28;3-2(4,5)1(6)7/h3-9,12,14,18,20,24H,10-11,13,23H2,1-2H3;(H,6,7)/t14-,18-,20-;/m0./s1. The molecule has 1 aliphatic heterocycles. The number of likely N-dealkylation sites (tertiary alicyclic amines) is 1. The molecule has 1 aliphatic rings. The molecule has 0 saturated carbocycles. The van der Waals surface area contributed by atoms with E-state index >= 15 is 0 Å². The molecule has 0 bridgehead atoms. The zero-order valence-electron chi connectivity index (χ0n) is 19.5. The van der Waals surface area contributed by atoms with Crippen molar-refractivity contribution in [3.8, 4) is 11.1 Å². The lowest BCUT2D eigenvalue weighted by Crippen LogP contribution is -2.45. The molecule has 0 aliphatic carbocycles. The number of amides is 1. The number of nitrogens with zero attached hydrogens (tertiary/aromatic N) is 1. The average Bonchev–Trinajstić information content (AvgIpc) is 3.23. The molecule has 2 aromatic rings. The molecular weight excluding hydrogens is 506 g/mol. The summed E-state index contributed by atoms with van der Waals surface area (Å²) in [6.45, 7) is 2.42. The van der Waals surface area contributed by atoms with Crippen LogP contribution in [0.15, 0.2) is 48.5 Å². The Kier molecular flexibility index (Phi) is 9.44. The number of hydrogen-bond acceptors (Lipinski definition) is 5. The number of sulfonamides is 1. The van der Waals surface area contributed by atoms with E-state index in [0.29, 0.717) is 18.7 Å². The number of hydrogen-bond donors (Lipinski definition) is 3. The van der Waals surface area contributed by atoms with E-state index in [1.807, 2.05) is 37.3 Å². The van der Waals surface area contributed by atoms with Crippen molar-refractivity contribution in [1.82, 2.24) is 4.90 Å². The summed E-state index contributed by atoms with van der Waals surface area (Å²) >= 11 is 0. The lowest BCUT2D eigenvalue weighted by atomic mass is 9.91. The van der Waals surface area contributed by atoms with Crippen LogP contribution in [0.3, 0.4) is 0 Å². The number of nitrogens with one attached hydrogen (secondary N) is 1. The highest BCUT2D eigenvalue weighted by Gasteiger charge is 2.38. The smallest absolute Gasteiger partial charge is 0.475 e. The van der Waals surface area contributed by atoms with Crippen LogP contribution in [0.25, 0.3) is 11.1 Å². The summed E-state index contributed by atoms with van der Waals surface area (Å²) in [5, 5.41) is 7.12. The molecule has 2 aromatic carbocycles. The molecule has 0 radical (unpaired) electrons. The van der Waals surface area contributed by atoms with Crippen molar-refractivity contribution in [2.24, 2.45) is 5.73 Å². The second kappa shape index (κ2) is 11.7. The first-order chi connectivity index (χ1) is 16.6. The van der Waals surface area contributed by atoms with Crippen LogP contribution in [0.2, 0.25) is 0 Å². The van der Waals surface area contributed by atoms with Gasteiger partial charge in [0, 0.05) is 18.2 Å². The van der Waals surface area contributed by atoms with Gasteiger partial charge in [-0.2, -0.15) is 13.2 Å². The van der Waals surface area contributed by atoms with Gasteiger partial charge >= 0.3 is 12.1 Å². The van der Waals surface area contributed by atoms with Crippen molar-refractivity contribution in [2.45, 2.75) is 37.7 Å². The van der Waals surface area contributed by atoms with Crippen molar-refractivity contribution >= 4 is 27.6 Å². The summed E-state index contributed by atoms with van der Waals surface area (Å²) in [5.41, 5.74) is 9.35. The predicted molar refractivity (Wildman–Crippen MR) is 127 cm³/mol. The summed E-state index contributed by atoms with van der Waals surface area (Å²) in [7, 11) is -3.35. The maximum Gasteiger partial charge on any atom is 0.490 e. The van der Waals surface area contributed by atoms with Crippen molar-refractivity contribution < 1.29 is 40.7 Å². The minimum atomic E-state index is -5.08. The third-order valence-electron chi connectivity index (χ3n) is 5.44. The molecule has 8 nitrogen and oxygen atoms in total. The van der Waals surface area contributed by atoms with E-state index in [1.165, 1.54) is 4.90 Å². The van der Waals surface area contributed by atoms with Gasteiger partial charge in [0.05, 0.1) is 18.8 Å². The van der Waals surface area contributed by atoms with Crippen LogP contribution in [0.4, 0.5) is 23.2 Å². The van der Waals surface area contributed by atoms with Crippen LogP contribution in [-0.2, 0) is 19.6 Å². The van der Waals surface area contributed by atoms with Crippen molar-refractivity contribution in [3.05, 3.63) is 54.1 Å². The zero-order chi connectivity index (χ0) is 27.3. The van der Waals surface area contributed by atoms with Crippen molar-refractivity contribution in [3.63, 3.8) is 0 Å². The van der Waals surface area contributed by atoms with Gasteiger partial charge in [0.15, 0.2) is 0 Å². The molecule has 1 amide bonds. The van der Waals surface area contributed by atoms with E-state index in [2.05, 4.69) is 4.72 Å². The van der Waals surface area contributed by atoms with Crippen molar-refractivity contribution in [2.75, 3.05) is 24.1 Å². The number of nitrogens with two attached hydrogens (primary N) is 1. The fraction of sp³-hybridized carbons (Fsp3) is 0.391. The molecule has 13 heteroatoms. The van der Waals surface area contributed by atoms with E-state index in [4.69, 9.17) is 15.6 Å². The molecule has 36 heavy (non-hydrogen) atoms. The number of carboxylic acids is 1. The third-order valence-corrected chi connectivity index (χ3v) is 6.05. The predicted octanol–water partition coefficient (Wildman–Crippen LogP) is 3.36. The van der Waals surface area contributed by atoms with Gasteiger partial charge in [-0.25, -0.2) is 17.6 Å². The Hall–Kier alpha value is -3.19. The fourth-order valence-electron chi connectivity index (χ4n) is 3.51. The number of anilines is 1. The number of halogens is 4. The molecule has 0 spiro atoms. The summed E-state index contributed by atoms with van der Waals surface area (Å²) in [6, 6.07) is 14.0. The summed E-state index contributed by atoms with van der Waals surface area (Å²) in [5.74, 6) is -3.19. The maximum atomic E-state index is 13.4. The first-order valence-corrected chi connectivity index (χ1v) is 12.6. The number of aliphatic carboxylic acids is 1. The van der Waals surface area contributed by atoms with Gasteiger partial charge < -0.3 is 15.7 Å². The number of rotatable bonds is 6. The molecule has 1 saturated heterocycles. The van der Waals surface area contributed by atoms with Crippen LogP contribution < -0.4 is 10.5 Å². The number of benzene rings is 2. The maximum absolute atomic E-state index is 13.4. The Balaban J connectivity index is 0.000000572. The molecule has 4 N–H and O–H groups in total. The van der Waals surface area contributed by atoms with Gasteiger partial charge in [-0.1, -0.05) is 43.3 Å². The summed E-state index contributed by atoms with van der Waals surface area (Å²) in [4.78, 5) is 22.9. The van der Waals surface area contributed by atoms with Crippen LogP contribution in [0, 0.1) is 0 Å². The minimum Gasteiger partial charge on any atom is -0.475 e. The van der Waals surface area contributed by atoms with Gasteiger partial charge in [-0.05, 0) is 35.2 Å². The molecule has 1 heterocycles. The normalized spacial score (nSPS) is 17.5. The summed E-state index contributed by atoms with van der Waals surface area (Å²) in [6.07, 6.45) is -4.57. The highest BCUT2D eigenvalue weighted by Crippen LogP contribution is 2.27. The quantitative estimate of drug-likeness (QED) is 0.489. The van der Waals surface area contributed by atoms with Gasteiger partial charge in [-0.3, -0.25) is 9.52 Å². The van der Waals surface area contributed by atoms with Gasteiger partial charge in [-0.15, -0.1) is 0 Å². The topological polar surface area (TPSA) is 130 Å². The number of carbonyl (C=O) groups excluding carboxylic acids is 1. The van der Waals surface area contributed by atoms with Crippen molar-refractivity contribution in [1.29, 1.82) is 0 Å². The molecule has 1 fully saturated rings. The van der Waals surface area contributed by atoms with Crippen LogP contribution in [-0.4, -0.2) is 68.0 Å².